The van der Waals surface area contributed by atoms with Crippen molar-refractivity contribution in [3.8, 4) is 5.69 Å². The third-order valence-electron chi connectivity index (χ3n) is 2.88. The molecule has 0 unspecified atom stereocenters. The third-order valence-corrected chi connectivity index (χ3v) is 2.88. The van der Waals surface area contributed by atoms with E-state index in [0.29, 0.717) is 18.7 Å². The molecular formula is C13H15N3O3. The molecule has 1 aromatic carbocycles. The Balaban J connectivity index is 2.15. The number of nitrogens with zero attached hydrogens (tertiary/aromatic N) is 2. The fourth-order valence-electron chi connectivity index (χ4n) is 1.84. The van der Waals surface area contributed by atoms with E-state index in [4.69, 9.17) is 0 Å². The maximum Gasteiger partial charge on any atom is 0.347 e. The molecule has 1 N–H and O–H groups in total. The Morgan fingerprint density at radius 2 is 2.05 bits per heavy atom. The van der Waals surface area contributed by atoms with Crippen LogP contribution in [0.15, 0.2) is 29.1 Å². The van der Waals surface area contributed by atoms with Gasteiger partial charge in [-0.1, -0.05) is 12.1 Å². The van der Waals surface area contributed by atoms with Gasteiger partial charge < -0.3 is 4.74 Å². The van der Waals surface area contributed by atoms with Crippen molar-refractivity contribution in [2.24, 2.45) is 0 Å². The van der Waals surface area contributed by atoms with Crippen LogP contribution in [0.4, 0.5) is 0 Å². The number of aryl methyl sites for hydroxylation is 2. The first-order valence-electron chi connectivity index (χ1n) is 5.92. The Hall–Kier alpha value is -2.37. The van der Waals surface area contributed by atoms with Gasteiger partial charge >= 0.3 is 11.7 Å². The number of methoxy groups -OCH3 is 1. The van der Waals surface area contributed by atoms with Crippen molar-refractivity contribution in [2.45, 2.75) is 19.8 Å². The van der Waals surface area contributed by atoms with Gasteiger partial charge in [-0.05, 0) is 31.0 Å². The molecule has 2 rings (SSSR count). The number of hydrogen-bond donors (Lipinski definition) is 1. The van der Waals surface area contributed by atoms with Gasteiger partial charge in [-0.3, -0.25) is 4.79 Å². The fraction of sp³-hybridized carbons (Fsp3) is 0.308. The van der Waals surface area contributed by atoms with E-state index in [0.717, 1.165) is 11.3 Å². The molecule has 2 aromatic rings. The third kappa shape index (κ3) is 2.90. The number of carbonyl (C=O) groups is 1. The minimum Gasteiger partial charge on any atom is -0.469 e. The molecule has 1 aromatic heterocycles. The maximum absolute atomic E-state index is 11.6. The number of rotatable bonds is 4. The van der Waals surface area contributed by atoms with E-state index in [1.807, 2.05) is 24.3 Å². The summed E-state index contributed by atoms with van der Waals surface area (Å²) in [5.41, 5.74) is 1.50. The molecule has 100 valence electrons. The molecule has 0 saturated heterocycles. The lowest BCUT2D eigenvalue weighted by atomic mass is 10.1. The normalized spacial score (nSPS) is 10.4. The summed E-state index contributed by atoms with van der Waals surface area (Å²) in [6.45, 7) is 1.75. The lowest BCUT2D eigenvalue weighted by Crippen LogP contribution is -2.15. The largest absolute Gasteiger partial charge is 0.469 e. The predicted octanol–water partition coefficient (Wildman–Crippen LogP) is 0.975. The Morgan fingerprint density at radius 3 is 2.58 bits per heavy atom. The first-order valence-corrected chi connectivity index (χ1v) is 5.92. The van der Waals surface area contributed by atoms with Gasteiger partial charge in [0, 0.05) is 6.42 Å². The monoisotopic (exact) mass is 261 g/mol. The highest BCUT2D eigenvalue weighted by molar-refractivity contribution is 5.69. The second-order valence-corrected chi connectivity index (χ2v) is 4.15. The molecule has 0 radical (unpaired) electrons. The molecule has 0 amide bonds. The SMILES string of the molecule is COC(=O)CCc1ccc(-n2c(C)n[nH]c2=O)cc1. The lowest BCUT2D eigenvalue weighted by molar-refractivity contribution is -0.140. The van der Waals surface area contributed by atoms with Gasteiger partial charge in [-0.25, -0.2) is 14.5 Å². The van der Waals surface area contributed by atoms with Crippen LogP contribution in [-0.2, 0) is 16.0 Å². The highest BCUT2D eigenvalue weighted by Gasteiger charge is 2.06. The number of ether oxygens (including phenoxy) is 1. The van der Waals surface area contributed by atoms with Crippen LogP contribution in [0.5, 0.6) is 0 Å². The van der Waals surface area contributed by atoms with E-state index < -0.39 is 0 Å². The minimum atomic E-state index is -0.264. The van der Waals surface area contributed by atoms with Gasteiger partial charge in [0.1, 0.15) is 5.82 Å². The first kappa shape index (κ1) is 13.1. The number of esters is 1. The van der Waals surface area contributed by atoms with Crippen LogP contribution in [0.1, 0.15) is 17.8 Å². The van der Waals surface area contributed by atoms with Crippen LogP contribution in [0.25, 0.3) is 5.69 Å². The second kappa shape index (κ2) is 5.51. The minimum absolute atomic E-state index is 0.231. The number of hydrogen-bond acceptors (Lipinski definition) is 4. The molecule has 0 aliphatic carbocycles. The fourth-order valence-corrected chi connectivity index (χ4v) is 1.84. The van der Waals surface area contributed by atoms with Crippen LogP contribution < -0.4 is 5.69 Å². The summed E-state index contributed by atoms with van der Waals surface area (Å²) in [5.74, 6) is 0.373. The lowest BCUT2D eigenvalue weighted by Gasteiger charge is -2.05. The van der Waals surface area contributed by atoms with Gasteiger partial charge in [0.05, 0.1) is 12.8 Å². The summed E-state index contributed by atoms with van der Waals surface area (Å²) >= 11 is 0. The molecule has 0 spiro atoms. The molecule has 0 atom stereocenters. The summed E-state index contributed by atoms with van der Waals surface area (Å²) in [4.78, 5) is 22.6. The van der Waals surface area contributed by atoms with Crippen molar-refractivity contribution in [3.63, 3.8) is 0 Å². The number of aromatic amines is 1. The summed E-state index contributed by atoms with van der Waals surface area (Å²) < 4.78 is 6.08. The van der Waals surface area contributed by atoms with Gasteiger partial charge in [-0.2, -0.15) is 5.10 Å². The van der Waals surface area contributed by atoms with Crippen molar-refractivity contribution in [1.29, 1.82) is 0 Å². The van der Waals surface area contributed by atoms with Gasteiger partial charge in [0.25, 0.3) is 0 Å². The smallest absolute Gasteiger partial charge is 0.347 e. The zero-order valence-electron chi connectivity index (χ0n) is 10.8. The summed E-state index contributed by atoms with van der Waals surface area (Å²) in [5, 5.41) is 6.24. The van der Waals surface area contributed by atoms with E-state index in [2.05, 4.69) is 14.9 Å². The molecule has 0 aliphatic rings. The summed E-state index contributed by atoms with van der Waals surface area (Å²) in [7, 11) is 1.37. The van der Waals surface area contributed by atoms with Crippen molar-refractivity contribution in [3.05, 3.63) is 46.1 Å². The average molecular weight is 261 g/mol. The highest BCUT2D eigenvalue weighted by atomic mass is 16.5. The van der Waals surface area contributed by atoms with Crippen molar-refractivity contribution in [2.75, 3.05) is 7.11 Å². The van der Waals surface area contributed by atoms with Crippen LogP contribution >= 0.6 is 0 Å². The van der Waals surface area contributed by atoms with Crippen LogP contribution in [-0.4, -0.2) is 27.8 Å². The van der Waals surface area contributed by atoms with E-state index in [-0.39, 0.29) is 11.7 Å². The van der Waals surface area contributed by atoms with Crippen molar-refractivity contribution >= 4 is 5.97 Å². The zero-order valence-corrected chi connectivity index (χ0v) is 10.8. The van der Waals surface area contributed by atoms with Gasteiger partial charge in [-0.15, -0.1) is 0 Å². The Labute approximate surface area is 110 Å². The van der Waals surface area contributed by atoms with E-state index in [1.165, 1.54) is 11.7 Å². The maximum atomic E-state index is 11.6. The van der Waals surface area contributed by atoms with Crippen LogP contribution in [0, 0.1) is 6.92 Å². The number of H-pyrrole nitrogens is 1. The van der Waals surface area contributed by atoms with Gasteiger partial charge in [0.15, 0.2) is 0 Å². The Morgan fingerprint density at radius 1 is 1.37 bits per heavy atom. The van der Waals surface area contributed by atoms with E-state index in [9.17, 15) is 9.59 Å². The second-order valence-electron chi connectivity index (χ2n) is 4.15. The van der Waals surface area contributed by atoms with E-state index >= 15 is 0 Å². The van der Waals surface area contributed by atoms with Crippen LogP contribution in [0.3, 0.4) is 0 Å². The van der Waals surface area contributed by atoms with Crippen LogP contribution in [0.2, 0.25) is 0 Å². The summed E-state index contributed by atoms with van der Waals surface area (Å²) in [6.07, 6.45) is 0.965. The standard InChI is InChI=1S/C13H15N3O3/c1-9-14-15-13(18)16(9)11-6-3-10(4-7-11)5-8-12(17)19-2/h3-4,6-7H,5,8H2,1-2H3,(H,15,18). The average Bonchev–Trinajstić information content (AvgIpc) is 2.76. The van der Waals surface area contributed by atoms with Crippen molar-refractivity contribution < 1.29 is 9.53 Å². The zero-order chi connectivity index (χ0) is 13.8. The Bertz CT molecular complexity index is 625. The molecule has 19 heavy (non-hydrogen) atoms. The molecule has 0 aliphatic heterocycles. The van der Waals surface area contributed by atoms with E-state index in [1.54, 1.807) is 6.92 Å². The highest BCUT2D eigenvalue weighted by Crippen LogP contribution is 2.10. The topological polar surface area (TPSA) is 77.0 Å². The number of nitrogens with one attached hydrogen (secondary N) is 1. The summed E-state index contributed by atoms with van der Waals surface area (Å²) in [6, 6.07) is 7.43. The molecule has 0 saturated carbocycles. The predicted molar refractivity (Wildman–Crippen MR) is 69.3 cm³/mol. The molecule has 6 heteroatoms. The Kier molecular flexibility index (Phi) is 3.79. The molecule has 0 bridgehead atoms. The molecule has 0 fully saturated rings. The van der Waals surface area contributed by atoms with Crippen molar-refractivity contribution in [1.82, 2.24) is 14.8 Å². The molecular weight excluding hydrogens is 246 g/mol. The van der Waals surface area contributed by atoms with Gasteiger partial charge in [0.2, 0.25) is 0 Å². The number of benzene rings is 1. The molecule has 6 nitrogen and oxygen atoms in total. The number of carbonyl (C=O) groups excluding carboxylic acids is 1. The molecule has 1 heterocycles. The number of aromatic nitrogens is 3. The first-order chi connectivity index (χ1) is 9.11. The quantitative estimate of drug-likeness (QED) is 0.832.